The minimum atomic E-state index is -5.41. The van der Waals surface area contributed by atoms with Gasteiger partial charge in [-0.05, 0) is 143 Å². The molecule has 2 aliphatic heterocycles. The van der Waals surface area contributed by atoms with Gasteiger partial charge in [0.15, 0.2) is 0 Å². The molecule has 2 heterocycles. The van der Waals surface area contributed by atoms with Crippen LogP contribution >= 0.6 is 0 Å². The normalized spacial score (nSPS) is 12.8. The molecule has 5 aliphatic rings. The van der Waals surface area contributed by atoms with Gasteiger partial charge < -0.3 is 33.1 Å². The Morgan fingerprint density at radius 2 is 0.779 bits per heavy atom. The van der Waals surface area contributed by atoms with Gasteiger partial charge >= 0.3 is 209 Å². The Bertz CT molecular complexity index is 7070. The maximum absolute atomic E-state index is 13.6. The molecule has 1 fully saturated rings. The summed E-state index contributed by atoms with van der Waals surface area (Å²) >= 11 is 0. The summed E-state index contributed by atoms with van der Waals surface area (Å²) in [6.45, 7) is 17.9. The van der Waals surface area contributed by atoms with Crippen LogP contribution in [0.4, 0.5) is 34.1 Å². The van der Waals surface area contributed by atoms with Crippen molar-refractivity contribution in [1.82, 2.24) is 0 Å². The summed E-state index contributed by atoms with van der Waals surface area (Å²) < 4.78 is 281. The van der Waals surface area contributed by atoms with Crippen LogP contribution in [0.25, 0.3) is 66.8 Å². The molecule has 0 unspecified atom stereocenters. The van der Waals surface area contributed by atoms with E-state index >= 15 is 0 Å². The minimum Gasteiger partial charge on any atom is -0.744 e. The molecule has 0 aromatic heterocycles. The molecule has 0 atom stereocenters. The number of hydrogen-bond donors (Lipinski definition) is 6. The van der Waals surface area contributed by atoms with Crippen LogP contribution < -0.4 is 209 Å². The van der Waals surface area contributed by atoms with Gasteiger partial charge in [0.2, 0.25) is 22.1 Å². The van der Waals surface area contributed by atoms with Gasteiger partial charge in [-0.1, -0.05) is 128 Å². The molecular weight excluding hydrogens is 1800 g/mol. The van der Waals surface area contributed by atoms with Crippen molar-refractivity contribution in [2.24, 2.45) is 0 Å². The minimum absolute atomic E-state index is 0. The molecule has 44 heteroatoms. The summed E-state index contributed by atoms with van der Waals surface area (Å²) in [5, 5.41) is 6.93. The maximum Gasteiger partial charge on any atom is 1.00 e. The van der Waals surface area contributed by atoms with Gasteiger partial charge in [0, 0.05) is 55.6 Å². The average Bonchev–Trinajstić information content (AvgIpc) is 0.735. The van der Waals surface area contributed by atoms with E-state index in [2.05, 4.69) is 63.1 Å². The van der Waals surface area contributed by atoms with Crippen molar-refractivity contribution in [2.75, 3.05) is 10.6 Å². The number of benzene rings is 10. The maximum atomic E-state index is 13.6. The van der Waals surface area contributed by atoms with E-state index in [-0.39, 0.29) is 266 Å². The first-order valence-electron chi connectivity index (χ1n) is 34.3. The standard InChI is InChI=1S/C78H69N4O17S5.6Na.3O3S/c1-41-28-42(2)73(43(3)29-41)79-53-22-24-55-63(35-53)98-65-39-61(69(102(89,90)91)37-59(65)71(55)57-18-12-14-20-67(57)100(83,84)85)81-75-47(7)33-52(34-48(75)8)78(26-16-11-17-27-78)51-31-45(5)74(46(6)32-51)80-54-23-25-56-64(36-54)99-66-40-62(82-76-44(4)30-49(9)77(50(76)10)104(95,96)97)70(103(92,93)94)38-60(66)72(56)58-19-13-15-21-68(58)101(86,87)88;;;;;;;3*1-4(2)3/h12-15,18-21,24-25,28,30-40,79-80H,11,16-17,26-27H2,1-10H3,(H,83,84,85)(H,86,87,88)(H,89,90,91)(H,92,93,94)(H,95,96,97);;;;;;;;;/q-3;6*+1;;;/p-1. The van der Waals surface area contributed by atoms with Gasteiger partial charge in [-0.15, -0.1) is 61.1 Å². The number of nitrogens with one attached hydrogen (secondary N) is 4. The van der Waals surface area contributed by atoms with E-state index in [1.807, 2.05) is 54.5 Å². The molecule has 0 saturated heterocycles. The van der Waals surface area contributed by atoms with Gasteiger partial charge in [0.05, 0.1) is 17.0 Å². The fraction of sp³-hybridized carbons (Fsp3) is 0.205. The van der Waals surface area contributed by atoms with E-state index in [1.165, 1.54) is 74.5 Å². The second-order valence-electron chi connectivity index (χ2n) is 27.4. The van der Waals surface area contributed by atoms with Crippen LogP contribution in [-0.4, -0.2) is 103 Å². The number of rotatable bonds is 15. The molecule has 0 bridgehead atoms. The Balaban J connectivity index is 0.00000163. The monoisotopic (exact) mass is 1870 g/mol. The van der Waals surface area contributed by atoms with Crippen molar-refractivity contribution in [3.05, 3.63) is 229 Å². The molecule has 6 N–H and O–H groups in total. The second-order valence-corrected chi connectivity index (χ2v) is 35.4. The van der Waals surface area contributed by atoms with Crippen molar-refractivity contribution in [3.63, 3.8) is 0 Å². The summed E-state index contributed by atoms with van der Waals surface area (Å²) in [5.74, 6) is -0.0183. The van der Waals surface area contributed by atoms with Crippen molar-refractivity contribution in [3.8, 4) is 44.9 Å². The quantitative estimate of drug-likeness (QED) is 0.0240. The summed E-state index contributed by atoms with van der Waals surface area (Å²) in [5.41, 5.74) is 11.2. The van der Waals surface area contributed by atoms with Crippen LogP contribution in [0.15, 0.2) is 167 Å². The van der Waals surface area contributed by atoms with E-state index < -0.39 is 112 Å². The fourth-order valence-corrected chi connectivity index (χ4v) is 18.8. The second kappa shape index (κ2) is 44.0. The average molecular weight is 1870 g/mol. The molecule has 3 aliphatic carbocycles. The molecule has 0 spiro atoms. The van der Waals surface area contributed by atoms with Crippen LogP contribution in [0.5, 0.6) is 0 Å². The van der Waals surface area contributed by atoms with Gasteiger partial charge in [-0.3, -0.25) is 9.11 Å². The fourth-order valence-electron chi connectivity index (χ4n) is 15.2. The van der Waals surface area contributed by atoms with E-state index in [9.17, 15) is 64.9 Å². The van der Waals surface area contributed by atoms with Crippen molar-refractivity contribution in [2.45, 2.75) is 131 Å². The molecule has 0 amide bonds. The number of anilines is 4. The zero-order valence-corrected chi connectivity index (χ0v) is 87.2. The van der Waals surface area contributed by atoms with E-state index in [1.54, 1.807) is 31.2 Å². The largest absolute Gasteiger partial charge is 1.00 e. The van der Waals surface area contributed by atoms with E-state index in [0.717, 1.165) is 106 Å². The summed E-state index contributed by atoms with van der Waals surface area (Å²) in [7, 11) is -34.9. The predicted molar refractivity (Wildman–Crippen MR) is 417 cm³/mol. The topological polar surface area (TPSA) is 512 Å². The van der Waals surface area contributed by atoms with Crippen LogP contribution in [0.1, 0.15) is 98.9 Å². The Morgan fingerprint density at radius 3 is 1.16 bits per heavy atom. The molecular formula is C78H68N4Na6O26S8+2. The molecule has 13 rings (SSSR count). The first kappa shape index (κ1) is 109. The summed E-state index contributed by atoms with van der Waals surface area (Å²) in [6, 6.07) is 43.8. The number of aryl methyl sites for hydroxylation is 9. The van der Waals surface area contributed by atoms with Gasteiger partial charge in [-0.2, -0.15) is 58.8 Å². The zero-order valence-electron chi connectivity index (χ0n) is 68.7. The Labute approximate surface area is 841 Å². The third kappa shape index (κ3) is 25.4. The summed E-state index contributed by atoms with van der Waals surface area (Å²) in [6.07, 6.45) is 4.34. The third-order valence-corrected chi connectivity index (χ3v) is 24.3. The van der Waals surface area contributed by atoms with Crippen molar-refractivity contribution in [1.29, 1.82) is 0 Å². The third-order valence-electron chi connectivity index (χ3n) is 19.6. The molecule has 1 saturated carbocycles. The SMILES string of the molecule is Cc1[c-]c(C)c(Nc2[c-]cc3c(-c4ccccc4S(=O)(=O)O)c4cc(S(=O)(=O)[O-])c(=[NH+]c5c(C)cc(C6(c7cc(C)c(Nc8[c-]cc9c(-c%10ccccc%10S(=O)(=O)O)c%10cc(S(=O)(=O)[O-])c(=[NH+]c%11c(C)cc(C)c(S(=O)(=O)[O-])c%11C)cc-%10oc9c8)c(C)c7)CCCCC6)cc5C)cc-4oc3c2)c(C)c1.O=S(=O)=O.O=S(=O)=O.O=S(=O)=O.[Na+].[Na+].[Na+].[Na+].[Na+].[Na+]. The summed E-state index contributed by atoms with van der Waals surface area (Å²) in [4.78, 5) is 3.14. The van der Waals surface area contributed by atoms with Crippen molar-refractivity contribution < 1.29 is 299 Å². The van der Waals surface area contributed by atoms with Crippen molar-refractivity contribution >= 4 is 138 Å². The number of fused-ring (bicyclic) bond motifs is 4. The zero-order chi connectivity index (χ0) is 85.5. The van der Waals surface area contributed by atoms with Crippen LogP contribution in [0, 0.1) is 87.4 Å². The Morgan fingerprint density at radius 1 is 0.418 bits per heavy atom. The van der Waals surface area contributed by atoms with Gasteiger partial charge in [-0.25, -0.2) is 35.2 Å². The van der Waals surface area contributed by atoms with Gasteiger partial charge in [0.1, 0.15) is 61.5 Å². The Kier molecular flexibility index (Phi) is 39.5. The number of hydrogen-bond acceptors (Lipinski definition) is 26. The van der Waals surface area contributed by atoms with Crippen LogP contribution in [-0.2, 0) is 87.8 Å². The molecule has 8 aromatic rings. The molecule has 122 heavy (non-hydrogen) atoms. The van der Waals surface area contributed by atoms with E-state index in [4.69, 9.17) is 46.7 Å². The first-order chi connectivity index (χ1) is 54.0. The van der Waals surface area contributed by atoms with E-state index in [0.29, 0.717) is 33.7 Å². The first-order valence-corrected chi connectivity index (χ1v) is 44.4. The molecule has 30 nitrogen and oxygen atoms in total. The van der Waals surface area contributed by atoms with Gasteiger partial charge in [0.25, 0.3) is 20.2 Å². The van der Waals surface area contributed by atoms with Crippen LogP contribution in [0.3, 0.4) is 0 Å². The molecule has 8 aromatic carbocycles. The smallest absolute Gasteiger partial charge is 0.744 e. The molecule has 608 valence electrons. The van der Waals surface area contributed by atoms with Crippen LogP contribution in [0.2, 0.25) is 0 Å². The molecule has 0 radical (unpaired) electrons. The predicted octanol–water partition coefficient (Wildman–Crippen LogP) is -9.21. The Hall–Kier alpha value is -4.85.